The molecule has 0 saturated heterocycles. The molecule has 0 fully saturated rings. The van der Waals surface area contributed by atoms with E-state index < -0.39 is 15.0 Å². The van der Waals surface area contributed by atoms with Gasteiger partial charge in [0.05, 0.1) is 16.9 Å². The summed E-state index contributed by atoms with van der Waals surface area (Å²) < 4.78 is 41.9. The van der Waals surface area contributed by atoms with Gasteiger partial charge in [-0.15, -0.1) is 0 Å². The van der Waals surface area contributed by atoms with Crippen LogP contribution in [0.15, 0.2) is 46.2 Å². The number of rotatable bonds is 24. The molecule has 2 unspecified atom stereocenters. The van der Waals surface area contributed by atoms with Crippen molar-refractivity contribution in [1.82, 2.24) is 29.9 Å². The first-order valence-electron chi connectivity index (χ1n) is 18.3. The average molecular weight is 912 g/mol. The molecule has 0 saturated carbocycles. The van der Waals surface area contributed by atoms with Crippen LogP contribution < -0.4 is 85.6 Å². The average Bonchev–Trinajstić information content (AvgIpc) is 3.16. The molecule has 16 nitrogen and oxygen atoms in total. The third kappa shape index (κ3) is 19.0. The summed E-state index contributed by atoms with van der Waals surface area (Å²) in [6.45, 7) is 9.91. The molecule has 0 spiro atoms. The first-order chi connectivity index (χ1) is 26.9. The van der Waals surface area contributed by atoms with Crippen LogP contribution in [0.4, 0.5) is 35.2 Å². The van der Waals surface area contributed by atoms with Gasteiger partial charge in [-0.3, -0.25) is 5.04 Å². The molecular weight excluding hydrogens is 861 g/mol. The fourth-order valence-electron chi connectivity index (χ4n) is 5.60. The van der Waals surface area contributed by atoms with Crippen LogP contribution in [-0.4, -0.2) is 56.0 Å². The van der Waals surface area contributed by atoms with Crippen LogP contribution in [0.3, 0.4) is 0 Å². The van der Waals surface area contributed by atoms with Crippen LogP contribution in [0.5, 0.6) is 0 Å². The van der Waals surface area contributed by atoms with E-state index in [0.29, 0.717) is 59.1 Å². The molecule has 0 aliphatic rings. The Bertz CT molecular complexity index is 2030. The van der Waals surface area contributed by atoms with Gasteiger partial charge < -0.3 is 31.1 Å². The Kier molecular flexibility index (Phi) is 26.8. The molecule has 4 N–H and O–H groups in total. The maximum absolute atomic E-state index is 12.4. The minimum absolute atomic E-state index is 0. The second-order valence-corrected chi connectivity index (χ2v) is 15.6. The zero-order valence-electron chi connectivity index (χ0n) is 33.5. The van der Waals surface area contributed by atoms with Gasteiger partial charge in [-0.25, -0.2) is 8.42 Å². The van der Waals surface area contributed by atoms with Gasteiger partial charge in [0.15, 0.2) is 0 Å². The smallest absolute Gasteiger partial charge is 0.744 e. The van der Waals surface area contributed by atoms with Gasteiger partial charge in [0.1, 0.15) is 10.1 Å². The van der Waals surface area contributed by atoms with E-state index in [1.165, 1.54) is 18.2 Å². The van der Waals surface area contributed by atoms with E-state index in [1.54, 1.807) is 30.3 Å². The van der Waals surface area contributed by atoms with Gasteiger partial charge >= 0.3 is 59.1 Å². The molecule has 4 rings (SSSR count). The number of hydrogen-bond acceptors (Lipinski definition) is 17. The number of anilines is 6. The van der Waals surface area contributed by atoms with Gasteiger partial charge in [0.25, 0.3) is 0 Å². The van der Waals surface area contributed by atoms with Crippen LogP contribution in [0.2, 0.25) is 10.6 Å². The molecular formula is C37H50Cl2N10Na2O6S2. The Morgan fingerprint density at radius 1 is 0.729 bits per heavy atom. The molecule has 4 aromatic rings. The van der Waals surface area contributed by atoms with E-state index >= 15 is 0 Å². The van der Waals surface area contributed by atoms with E-state index in [9.17, 15) is 18.2 Å². The van der Waals surface area contributed by atoms with Crippen molar-refractivity contribution in [2.24, 2.45) is 11.8 Å². The molecule has 312 valence electrons. The van der Waals surface area contributed by atoms with Crippen molar-refractivity contribution in [3.8, 4) is 0 Å². The molecule has 2 heterocycles. The maximum atomic E-state index is 12.4. The summed E-state index contributed by atoms with van der Waals surface area (Å²) >= 11 is 13.0. The number of halogens is 2. The van der Waals surface area contributed by atoms with Crippen LogP contribution in [0.25, 0.3) is 12.2 Å². The fourth-order valence-corrected chi connectivity index (χ4v) is 7.13. The second kappa shape index (κ2) is 28.7. The molecule has 0 amide bonds. The van der Waals surface area contributed by atoms with Crippen LogP contribution in [0, 0.1) is 11.8 Å². The summed E-state index contributed by atoms with van der Waals surface area (Å²) in [4.78, 5) is 25.3. The minimum atomic E-state index is -4.95. The van der Waals surface area contributed by atoms with Crippen molar-refractivity contribution in [3.05, 3.63) is 58.1 Å². The Labute approximate surface area is 406 Å². The first-order valence-corrected chi connectivity index (χ1v) is 21.2. The van der Waals surface area contributed by atoms with E-state index in [4.69, 9.17) is 23.2 Å². The zero-order chi connectivity index (χ0) is 40.5. The van der Waals surface area contributed by atoms with Gasteiger partial charge in [-0.05, 0) is 83.3 Å². The second-order valence-electron chi connectivity index (χ2n) is 12.9. The quantitative estimate of drug-likeness (QED) is 0.0198. The van der Waals surface area contributed by atoms with Crippen LogP contribution >= 0.6 is 35.2 Å². The third-order valence-electron chi connectivity index (χ3n) is 8.80. The molecule has 59 heavy (non-hydrogen) atoms. The van der Waals surface area contributed by atoms with Crippen molar-refractivity contribution < 1.29 is 86.7 Å². The molecule has 2 atom stereocenters. The number of unbranched alkanes of at least 4 members (excludes halogenated alkanes) is 2. The largest absolute Gasteiger partial charge is 1.00 e. The summed E-state index contributed by atoms with van der Waals surface area (Å²) in [5, 5.41) is 26.7. The van der Waals surface area contributed by atoms with E-state index in [0.717, 1.165) is 51.4 Å². The van der Waals surface area contributed by atoms with Crippen molar-refractivity contribution >= 4 is 92.7 Å². The number of aromatic nitrogens is 6. The molecule has 0 bridgehead atoms. The Hall–Kier alpha value is -1.88. The predicted molar refractivity (Wildman–Crippen MR) is 224 cm³/mol. The van der Waals surface area contributed by atoms with Gasteiger partial charge in [-0.2, -0.15) is 34.2 Å². The molecule has 2 aromatic heterocycles. The molecule has 22 heteroatoms. The van der Waals surface area contributed by atoms with E-state index in [1.807, 2.05) is 0 Å². The molecule has 0 aliphatic heterocycles. The SMILES string of the molecule is C.CCCCC(CC)CNc1nc(Cl)nc(Nc2ccc(/C=C/c3ccc(Nc4nc(Cl)nc(NCC(CC)CCCC)n4)cc3S(=O)(=O)[O-])c(SOO[O-])c2)n1.[Na+].[Na+]. The fraction of sp³-hybridized carbons (Fsp3) is 0.459. The van der Waals surface area contributed by atoms with Crippen LogP contribution in [0.1, 0.15) is 97.6 Å². The van der Waals surface area contributed by atoms with E-state index in [-0.39, 0.29) is 106 Å². The standard InChI is InChI=1S/C36H48Cl2N10O6S2.CH4.2Na/c1-5-9-11-23(7-3)21-39-33-43-31(37)45-35(47-33)41-27-17-15-25(29(19-27)55-54-53-49)13-14-26-16-18-28(20-30(26)56(50,51)52)42-36-46-32(38)44-34(48-36)40-22-24(8-4)12-10-6-2;;;/h13-20,23-24,49H,5-12,21-22H2,1-4H3,(H,50,51,52)(H2,39,41,43,45,47)(H2,40,42,44,46,48);1H4;;/q;;2*+1/p-2/b14-13+;;;. The van der Waals surface area contributed by atoms with Crippen molar-refractivity contribution in [2.45, 2.75) is 96.3 Å². The molecule has 0 aliphatic carbocycles. The molecule has 0 radical (unpaired) electrons. The maximum Gasteiger partial charge on any atom is 1.00 e. The minimum Gasteiger partial charge on any atom is -0.744 e. The Balaban J connectivity index is 0.00000580. The Morgan fingerprint density at radius 2 is 1.19 bits per heavy atom. The topological polar surface area (TPSA) is 224 Å². The van der Waals surface area contributed by atoms with Crippen molar-refractivity contribution in [1.29, 1.82) is 0 Å². The Morgan fingerprint density at radius 3 is 1.64 bits per heavy atom. The zero-order valence-corrected chi connectivity index (χ0v) is 40.7. The summed E-state index contributed by atoms with van der Waals surface area (Å²) in [6.07, 6.45) is 11.6. The van der Waals surface area contributed by atoms with Crippen LogP contribution in [-0.2, 0) is 19.5 Å². The third-order valence-corrected chi connectivity index (χ3v) is 10.7. The summed E-state index contributed by atoms with van der Waals surface area (Å²) in [5.74, 6) is 1.70. The summed E-state index contributed by atoms with van der Waals surface area (Å²) in [6, 6.07) is 9.18. The van der Waals surface area contributed by atoms with Gasteiger partial charge in [0.2, 0.25) is 34.4 Å². The number of hydrogen-bond donors (Lipinski definition) is 4. The summed E-state index contributed by atoms with van der Waals surface area (Å²) in [7, 11) is -4.95. The van der Waals surface area contributed by atoms with Gasteiger partial charge in [-0.1, -0.05) is 97.9 Å². The van der Waals surface area contributed by atoms with E-state index in [2.05, 4.69) is 88.2 Å². The molecule has 2 aromatic carbocycles. The number of benzene rings is 2. The predicted octanol–water partition coefficient (Wildman–Crippen LogP) is 3.06. The summed E-state index contributed by atoms with van der Waals surface area (Å²) in [5.41, 5.74) is 1.31. The normalized spacial score (nSPS) is 12.1. The van der Waals surface area contributed by atoms with Crippen molar-refractivity contribution in [3.63, 3.8) is 0 Å². The number of nitrogens with one attached hydrogen (secondary N) is 4. The first kappa shape index (κ1) is 55.1. The monoisotopic (exact) mass is 910 g/mol. The van der Waals surface area contributed by atoms with Gasteiger partial charge in [0, 0.05) is 29.4 Å². The van der Waals surface area contributed by atoms with Crippen molar-refractivity contribution in [2.75, 3.05) is 34.4 Å². The number of nitrogens with zero attached hydrogens (tertiary/aromatic N) is 6.